The Balaban J connectivity index is 1.63. The molecule has 0 saturated carbocycles. The van der Waals surface area contributed by atoms with E-state index in [4.69, 9.17) is 16.3 Å². The van der Waals surface area contributed by atoms with Crippen LogP contribution in [0.3, 0.4) is 0 Å². The van der Waals surface area contributed by atoms with Gasteiger partial charge in [0.1, 0.15) is 0 Å². The molecule has 0 saturated heterocycles. The standard InChI is InChI=1S/C23H25ClN2O4S2/c1-30-23(27)11-10-22-18(15-20(31-22)14-17-4-2-12-25-16-17)5-3-13-26-32(28,29)21-8-6-19(24)7-9-21/h2,4,6-9,12,15-16,26H,3,5,10-11,13-14H2,1H3. The van der Waals surface area contributed by atoms with Crippen LogP contribution in [0.25, 0.3) is 0 Å². The van der Waals surface area contributed by atoms with Gasteiger partial charge in [-0.15, -0.1) is 11.3 Å². The number of hydrogen-bond acceptors (Lipinski definition) is 6. The van der Waals surface area contributed by atoms with Gasteiger partial charge in [0.25, 0.3) is 0 Å². The van der Waals surface area contributed by atoms with Crippen LogP contribution in [0.15, 0.2) is 59.8 Å². The van der Waals surface area contributed by atoms with E-state index in [1.807, 2.05) is 18.3 Å². The van der Waals surface area contributed by atoms with Crippen LogP contribution >= 0.6 is 22.9 Å². The van der Waals surface area contributed by atoms with Crippen molar-refractivity contribution >= 4 is 38.9 Å². The number of benzene rings is 1. The van der Waals surface area contributed by atoms with E-state index in [9.17, 15) is 13.2 Å². The summed E-state index contributed by atoms with van der Waals surface area (Å²) in [6.07, 6.45) is 6.64. The van der Waals surface area contributed by atoms with Gasteiger partial charge in [0, 0.05) is 40.1 Å². The van der Waals surface area contributed by atoms with Crippen molar-refractivity contribution in [2.24, 2.45) is 0 Å². The van der Waals surface area contributed by atoms with Crippen LogP contribution in [-0.4, -0.2) is 33.0 Å². The third kappa shape index (κ3) is 7.13. The number of esters is 1. The van der Waals surface area contributed by atoms with Gasteiger partial charge in [-0.2, -0.15) is 0 Å². The summed E-state index contributed by atoms with van der Waals surface area (Å²) in [6.45, 7) is 0.315. The molecule has 0 spiro atoms. The van der Waals surface area contributed by atoms with Gasteiger partial charge in [-0.25, -0.2) is 13.1 Å². The Hall–Kier alpha value is -2.26. The topological polar surface area (TPSA) is 85.4 Å². The van der Waals surface area contributed by atoms with Crippen LogP contribution in [0.4, 0.5) is 0 Å². The van der Waals surface area contributed by atoms with E-state index >= 15 is 0 Å². The van der Waals surface area contributed by atoms with Crippen molar-refractivity contribution in [3.05, 3.63) is 80.8 Å². The van der Waals surface area contributed by atoms with E-state index in [1.165, 1.54) is 24.1 Å². The average Bonchev–Trinajstić information content (AvgIpc) is 3.17. The molecule has 0 bridgehead atoms. The lowest BCUT2D eigenvalue weighted by atomic mass is 10.1. The molecule has 0 radical (unpaired) electrons. The van der Waals surface area contributed by atoms with Crippen LogP contribution < -0.4 is 4.72 Å². The third-order valence-electron chi connectivity index (χ3n) is 4.87. The summed E-state index contributed by atoms with van der Waals surface area (Å²) in [4.78, 5) is 18.3. The number of sulfonamides is 1. The SMILES string of the molecule is COC(=O)CCc1sc(Cc2cccnc2)cc1CCCNS(=O)(=O)c1ccc(Cl)cc1. The number of pyridine rings is 1. The first-order valence-corrected chi connectivity index (χ1v) is 12.9. The molecule has 0 aliphatic rings. The Labute approximate surface area is 197 Å². The number of rotatable bonds is 11. The zero-order chi connectivity index (χ0) is 23.0. The summed E-state index contributed by atoms with van der Waals surface area (Å²) < 4.78 is 32.3. The summed E-state index contributed by atoms with van der Waals surface area (Å²) in [5.41, 5.74) is 2.26. The second kappa shape index (κ2) is 11.6. The van der Waals surface area contributed by atoms with Gasteiger partial charge in [-0.1, -0.05) is 17.7 Å². The van der Waals surface area contributed by atoms with Gasteiger partial charge in [-0.05, 0) is 66.8 Å². The molecular formula is C23H25ClN2O4S2. The zero-order valence-corrected chi connectivity index (χ0v) is 20.1. The van der Waals surface area contributed by atoms with Crippen molar-refractivity contribution in [3.8, 4) is 0 Å². The molecule has 0 aliphatic carbocycles. The van der Waals surface area contributed by atoms with E-state index in [0.717, 1.165) is 22.4 Å². The molecule has 3 aromatic rings. The van der Waals surface area contributed by atoms with E-state index in [1.54, 1.807) is 29.7 Å². The molecule has 6 nitrogen and oxygen atoms in total. The Morgan fingerprint density at radius 3 is 2.66 bits per heavy atom. The number of hydrogen-bond donors (Lipinski definition) is 1. The van der Waals surface area contributed by atoms with Gasteiger partial charge >= 0.3 is 5.97 Å². The highest BCUT2D eigenvalue weighted by molar-refractivity contribution is 7.89. The molecule has 9 heteroatoms. The molecule has 2 aromatic heterocycles. The van der Waals surface area contributed by atoms with Crippen LogP contribution in [0.5, 0.6) is 0 Å². The summed E-state index contributed by atoms with van der Waals surface area (Å²) in [6, 6.07) is 12.2. The Kier molecular flexibility index (Phi) is 8.81. The summed E-state index contributed by atoms with van der Waals surface area (Å²) in [5.74, 6) is -0.242. The number of aryl methyl sites for hydroxylation is 2. The van der Waals surface area contributed by atoms with Crippen molar-refractivity contribution in [3.63, 3.8) is 0 Å². The number of aromatic nitrogens is 1. The zero-order valence-electron chi connectivity index (χ0n) is 17.7. The number of nitrogens with one attached hydrogen (secondary N) is 1. The second-order valence-corrected chi connectivity index (χ2v) is 10.7. The van der Waals surface area contributed by atoms with Crippen molar-refractivity contribution in [2.75, 3.05) is 13.7 Å². The third-order valence-corrected chi connectivity index (χ3v) is 7.84. The Bertz CT molecular complexity index is 1130. The van der Waals surface area contributed by atoms with E-state index in [-0.39, 0.29) is 10.9 Å². The predicted octanol–water partition coefficient (Wildman–Crippen LogP) is 4.40. The van der Waals surface area contributed by atoms with Gasteiger partial charge in [0.15, 0.2) is 0 Å². The van der Waals surface area contributed by atoms with Crippen molar-refractivity contribution < 1.29 is 17.9 Å². The van der Waals surface area contributed by atoms with Crippen molar-refractivity contribution in [2.45, 2.75) is 37.0 Å². The van der Waals surface area contributed by atoms with Gasteiger partial charge in [0.05, 0.1) is 18.4 Å². The van der Waals surface area contributed by atoms with Crippen LogP contribution in [0, 0.1) is 0 Å². The number of halogens is 1. The highest BCUT2D eigenvalue weighted by Crippen LogP contribution is 2.27. The van der Waals surface area contributed by atoms with Crippen LogP contribution in [-0.2, 0) is 38.8 Å². The fourth-order valence-electron chi connectivity index (χ4n) is 3.24. The molecule has 170 valence electrons. The van der Waals surface area contributed by atoms with E-state index in [0.29, 0.717) is 37.3 Å². The quantitative estimate of drug-likeness (QED) is 0.316. The number of ether oxygens (including phenoxy) is 1. The highest BCUT2D eigenvalue weighted by Gasteiger charge is 2.15. The first kappa shape index (κ1) is 24.4. The maximum absolute atomic E-state index is 12.4. The molecule has 32 heavy (non-hydrogen) atoms. The number of carbonyl (C=O) groups excluding carboxylic acids is 1. The Morgan fingerprint density at radius 2 is 1.97 bits per heavy atom. The molecule has 1 aromatic carbocycles. The fraction of sp³-hybridized carbons (Fsp3) is 0.304. The van der Waals surface area contributed by atoms with Crippen molar-refractivity contribution in [1.29, 1.82) is 0 Å². The maximum atomic E-state index is 12.4. The minimum atomic E-state index is -3.58. The minimum Gasteiger partial charge on any atom is -0.469 e. The van der Waals surface area contributed by atoms with Gasteiger partial charge in [-0.3, -0.25) is 9.78 Å². The first-order chi connectivity index (χ1) is 15.4. The summed E-state index contributed by atoms with van der Waals surface area (Å²) >= 11 is 7.51. The molecule has 2 heterocycles. The van der Waals surface area contributed by atoms with Crippen LogP contribution in [0.2, 0.25) is 5.02 Å². The van der Waals surface area contributed by atoms with E-state index < -0.39 is 10.0 Å². The monoisotopic (exact) mass is 492 g/mol. The maximum Gasteiger partial charge on any atom is 0.305 e. The largest absolute Gasteiger partial charge is 0.469 e. The number of thiophene rings is 1. The molecule has 1 N–H and O–H groups in total. The predicted molar refractivity (Wildman–Crippen MR) is 127 cm³/mol. The first-order valence-electron chi connectivity index (χ1n) is 10.2. The molecule has 0 unspecified atom stereocenters. The number of nitrogens with zero attached hydrogens (tertiary/aromatic N) is 1. The highest BCUT2D eigenvalue weighted by atomic mass is 35.5. The number of carbonyl (C=O) groups is 1. The Morgan fingerprint density at radius 1 is 1.19 bits per heavy atom. The number of methoxy groups -OCH3 is 1. The lowest BCUT2D eigenvalue weighted by molar-refractivity contribution is -0.140. The normalized spacial score (nSPS) is 11.4. The molecule has 0 atom stereocenters. The molecule has 0 aliphatic heterocycles. The average molecular weight is 493 g/mol. The lowest BCUT2D eigenvalue weighted by Crippen LogP contribution is -2.25. The van der Waals surface area contributed by atoms with Crippen LogP contribution in [0.1, 0.15) is 33.7 Å². The summed E-state index contributed by atoms with van der Waals surface area (Å²) in [7, 11) is -2.19. The minimum absolute atomic E-state index is 0.190. The smallest absolute Gasteiger partial charge is 0.305 e. The molecule has 3 rings (SSSR count). The van der Waals surface area contributed by atoms with Crippen molar-refractivity contribution in [1.82, 2.24) is 9.71 Å². The van der Waals surface area contributed by atoms with Gasteiger partial charge < -0.3 is 4.74 Å². The van der Waals surface area contributed by atoms with Gasteiger partial charge in [0.2, 0.25) is 10.0 Å². The lowest BCUT2D eigenvalue weighted by Gasteiger charge is -2.07. The fourth-order valence-corrected chi connectivity index (χ4v) is 5.70. The summed E-state index contributed by atoms with van der Waals surface area (Å²) in [5, 5.41) is 0.489. The van der Waals surface area contributed by atoms with E-state index in [2.05, 4.69) is 15.8 Å². The molecule has 0 amide bonds. The second-order valence-electron chi connectivity index (χ2n) is 7.23. The molecular weight excluding hydrogens is 468 g/mol. The molecule has 0 fully saturated rings.